The van der Waals surface area contributed by atoms with E-state index in [9.17, 15) is 9.59 Å². The van der Waals surface area contributed by atoms with E-state index in [4.69, 9.17) is 0 Å². The molecule has 0 aliphatic carbocycles. The van der Waals surface area contributed by atoms with Crippen molar-refractivity contribution in [2.75, 3.05) is 42.9 Å². The van der Waals surface area contributed by atoms with Gasteiger partial charge in [-0.25, -0.2) is 0 Å². The van der Waals surface area contributed by atoms with Crippen LogP contribution in [0.25, 0.3) is 0 Å². The first-order valence-corrected chi connectivity index (χ1v) is 10.4. The molecule has 0 aromatic heterocycles. The Hall–Kier alpha value is -2.66. The number of rotatable bonds is 7. The number of carbonyl (C=O) groups is 2. The molecule has 1 aliphatic rings. The van der Waals surface area contributed by atoms with Crippen LogP contribution >= 0.6 is 0 Å². The Kier molecular flexibility index (Phi) is 7.04. The van der Waals surface area contributed by atoms with E-state index in [1.165, 1.54) is 5.69 Å². The number of hydrogen-bond donors (Lipinski definition) is 1. The maximum atomic E-state index is 12.5. The van der Waals surface area contributed by atoms with Crippen LogP contribution in [0.5, 0.6) is 0 Å². The number of piperazine rings is 1. The highest BCUT2D eigenvalue weighted by atomic mass is 16.2. The van der Waals surface area contributed by atoms with Gasteiger partial charge in [-0.1, -0.05) is 24.6 Å². The Morgan fingerprint density at radius 1 is 0.931 bits per heavy atom. The van der Waals surface area contributed by atoms with E-state index >= 15 is 0 Å². The normalized spacial score (nSPS) is 14.7. The number of aryl methyl sites for hydroxylation is 2. The summed E-state index contributed by atoms with van der Waals surface area (Å²) in [6.45, 7) is 11.4. The molecule has 1 N–H and O–H groups in total. The lowest BCUT2D eigenvalue weighted by atomic mass is 9.99. The van der Waals surface area contributed by atoms with Crippen LogP contribution in [-0.2, 0) is 4.79 Å². The second-order valence-electron chi connectivity index (χ2n) is 7.76. The Bertz CT molecular complexity index is 853. The van der Waals surface area contributed by atoms with Gasteiger partial charge in [0.2, 0.25) is 5.91 Å². The average molecular weight is 394 g/mol. The molecule has 0 radical (unpaired) electrons. The standard InChI is InChI=1S/C24H31N3O2/c1-4-26-13-15-27(16-14-26)21-9-7-20(8-10-21)25-24(29)12-11-23(28)22-17-18(2)5-6-19(22)3/h5-10,17H,4,11-16H2,1-3H3,(H,25,29). The van der Waals surface area contributed by atoms with Crippen molar-refractivity contribution in [3.63, 3.8) is 0 Å². The van der Waals surface area contributed by atoms with E-state index < -0.39 is 0 Å². The predicted octanol–water partition coefficient (Wildman–Crippen LogP) is 4.05. The van der Waals surface area contributed by atoms with Crippen LogP contribution in [0.4, 0.5) is 11.4 Å². The number of nitrogens with one attached hydrogen (secondary N) is 1. The predicted molar refractivity (Wildman–Crippen MR) is 119 cm³/mol. The maximum Gasteiger partial charge on any atom is 0.224 e. The van der Waals surface area contributed by atoms with Crippen LogP contribution in [0.1, 0.15) is 41.3 Å². The molecule has 1 fully saturated rings. The van der Waals surface area contributed by atoms with E-state index in [1.54, 1.807) is 0 Å². The van der Waals surface area contributed by atoms with Gasteiger partial charge in [-0.2, -0.15) is 0 Å². The number of hydrogen-bond acceptors (Lipinski definition) is 4. The molecular weight excluding hydrogens is 362 g/mol. The molecule has 3 rings (SSSR count). The van der Waals surface area contributed by atoms with Gasteiger partial charge in [0.1, 0.15) is 0 Å². The smallest absolute Gasteiger partial charge is 0.224 e. The third-order valence-corrected chi connectivity index (χ3v) is 5.61. The third kappa shape index (κ3) is 5.67. The minimum absolute atomic E-state index is 0.0166. The van der Waals surface area contributed by atoms with Gasteiger partial charge in [0.25, 0.3) is 0 Å². The summed E-state index contributed by atoms with van der Waals surface area (Å²) in [6, 6.07) is 13.8. The van der Waals surface area contributed by atoms with Gasteiger partial charge in [0.15, 0.2) is 5.78 Å². The van der Waals surface area contributed by atoms with Crippen LogP contribution in [0, 0.1) is 13.8 Å². The molecule has 1 aliphatic heterocycles. The van der Waals surface area contributed by atoms with Crippen molar-refractivity contribution >= 4 is 23.1 Å². The quantitative estimate of drug-likeness (QED) is 0.721. The number of anilines is 2. The van der Waals surface area contributed by atoms with Gasteiger partial charge in [0.05, 0.1) is 0 Å². The van der Waals surface area contributed by atoms with Crippen molar-refractivity contribution < 1.29 is 9.59 Å². The Morgan fingerprint density at radius 2 is 1.62 bits per heavy atom. The summed E-state index contributed by atoms with van der Waals surface area (Å²) in [7, 11) is 0. The number of benzene rings is 2. The van der Waals surface area contributed by atoms with Crippen LogP contribution in [0.3, 0.4) is 0 Å². The Balaban J connectivity index is 1.49. The number of nitrogens with zero attached hydrogens (tertiary/aromatic N) is 2. The fourth-order valence-corrected chi connectivity index (χ4v) is 3.70. The summed E-state index contributed by atoms with van der Waals surface area (Å²) in [4.78, 5) is 29.6. The molecule has 0 spiro atoms. The molecule has 154 valence electrons. The molecule has 1 saturated heterocycles. The molecule has 0 saturated carbocycles. The number of Topliss-reactive ketones (excluding diaryl/α,β-unsaturated/α-hetero) is 1. The zero-order chi connectivity index (χ0) is 20.8. The summed E-state index contributed by atoms with van der Waals surface area (Å²) >= 11 is 0. The maximum absolute atomic E-state index is 12.5. The molecule has 29 heavy (non-hydrogen) atoms. The first-order chi connectivity index (χ1) is 14.0. The van der Waals surface area contributed by atoms with Crippen LogP contribution in [0.15, 0.2) is 42.5 Å². The highest BCUT2D eigenvalue weighted by Gasteiger charge is 2.16. The minimum atomic E-state index is -0.132. The largest absolute Gasteiger partial charge is 0.369 e. The molecule has 1 amide bonds. The van der Waals surface area contributed by atoms with E-state index in [0.717, 1.165) is 49.5 Å². The molecule has 1 heterocycles. The molecule has 5 nitrogen and oxygen atoms in total. The molecule has 0 atom stereocenters. The summed E-state index contributed by atoms with van der Waals surface area (Å²) in [5.74, 6) is -0.115. The summed E-state index contributed by atoms with van der Waals surface area (Å²) < 4.78 is 0. The fraction of sp³-hybridized carbons (Fsp3) is 0.417. The summed E-state index contributed by atoms with van der Waals surface area (Å²) in [5.41, 5.74) is 4.68. The monoisotopic (exact) mass is 393 g/mol. The lowest BCUT2D eigenvalue weighted by Crippen LogP contribution is -2.46. The highest BCUT2D eigenvalue weighted by molar-refractivity contribution is 6.01. The SMILES string of the molecule is CCN1CCN(c2ccc(NC(=O)CCC(=O)c3cc(C)ccc3C)cc2)CC1. The lowest BCUT2D eigenvalue weighted by molar-refractivity contribution is -0.116. The highest BCUT2D eigenvalue weighted by Crippen LogP contribution is 2.20. The zero-order valence-corrected chi connectivity index (χ0v) is 17.7. The van der Waals surface area contributed by atoms with Crippen LogP contribution in [0.2, 0.25) is 0 Å². The number of likely N-dealkylation sites (N-methyl/N-ethyl adjacent to an activating group) is 1. The number of carbonyl (C=O) groups excluding carboxylic acids is 2. The molecule has 2 aromatic carbocycles. The molecule has 0 unspecified atom stereocenters. The van der Waals surface area contributed by atoms with E-state index in [0.29, 0.717) is 5.56 Å². The van der Waals surface area contributed by atoms with E-state index in [1.807, 2.05) is 44.2 Å². The van der Waals surface area contributed by atoms with Crippen molar-refractivity contribution in [2.24, 2.45) is 0 Å². The lowest BCUT2D eigenvalue weighted by Gasteiger charge is -2.35. The zero-order valence-electron chi connectivity index (χ0n) is 17.7. The first-order valence-electron chi connectivity index (χ1n) is 10.4. The summed E-state index contributed by atoms with van der Waals surface area (Å²) in [6.07, 6.45) is 0.406. The van der Waals surface area contributed by atoms with E-state index in [2.05, 4.69) is 34.2 Å². The fourth-order valence-electron chi connectivity index (χ4n) is 3.70. The Labute approximate surface area is 173 Å². The summed E-state index contributed by atoms with van der Waals surface area (Å²) in [5, 5.41) is 2.90. The van der Waals surface area contributed by atoms with Crippen molar-refractivity contribution in [2.45, 2.75) is 33.6 Å². The van der Waals surface area contributed by atoms with Crippen molar-refractivity contribution in [1.82, 2.24) is 4.90 Å². The minimum Gasteiger partial charge on any atom is -0.369 e. The van der Waals surface area contributed by atoms with Crippen molar-refractivity contribution in [3.8, 4) is 0 Å². The molecule has 5 heteroatoms. The van der Waals surface area contributed by atoms with Crippen LogP contribution < -0.4 is 10.2 Å². The first kappa shape index (κ1) is 21.1. The van der Waals surface area contributed by atoms with Gasteiger partial charge in [-0.3, -0.25) is 9.59 Å². The van der Waals surface area contributed by atoms with Gasteiger partial charge in [-0.15, -0.1) is 0 Å². The molecule has 0 bridgehead atoms. The van der Waals surface area contributed by atoms with Crippen LogP contribution in [-0.4, -0.2) is 49.3 Å². The topological polar surface area (TPSA) is 52.6 Å². The third-order valence-electron chi connectivity index (χ3n) is 5.61. The molecule has 2 aromatic rings. The van der Waals surface area contributed by atoms with E-state index in [-0.39, 0.29) is 24.5 Å². The average Bonchev–Trinajstić information content (AvgIpc) is 2.74. The second-order valence-corrected chi connectivity index (χ2v) is 7.76. The number of ketones is 1. The Morgan fingerprint density at radius 3 is 2.28 bits per heavy atom. The number of amides is 1. The van der Waals surface area contributed by atoms with Gasteiger partial charge >= 0.3 is 0 Å². The molecular formula is C24H31N3O2. The van der Waals surface area contributed by atoms with Crippen molar-refractivity contribution in [3.05, 3.63) is 59.2 Å². The van der Waals surface area contributed by atoms with Gasteiger partial charge in [0, 0.05) is 56.0 Å². The van der Waals surface area contributed by atoms with Gasteiger partial charge < -0.3 is 15.1 Å². The van der Waals surface area contributed by atoms with Crippen molar-refractivity contribution in [1.29, 1.82) is 0 Å². The van der Waals surface area contributed by atoms with Gasteiger partial charge in [-0.05, 0) is 56.3 Å². The second kappa shape index (κ2) is 9.70.